The van der Waals surface area contributed by atoms with Crippen LogP contribution in [0.4, 0.5) is 13.2 Å². The van der Waals surface area contributed by atoms with E-state index in [2.05, 4.69) is 10.6 Å². The van der Waals surface area contributed by atoms with Gasteiger partial charge in [0.15, 0.2) is 0 Å². The van der Waals surface area contributed by atoms with Gasteiger partial charge in [-0.2, -0.15) is 13.2 Å². The minimum atomic E-state index is -4.42. The summed E-state index contributed by atoms with van der Waals surface area (Å²) in [7, 11) is 0. The first-order valence-electron chi connectivity index (χ1n) is 4.69. The number of carbonyl (C=O) groups is 1. The maximum atomic E-state index is 12.4. The normalized spacial score (nSPS) is 24.7. The highest BCUT2D eigenvalue weighted by atomic mass is 19.4. The van der Waals surface area contributed by atoms with E-state index in [0.29, 0.717) is 12.1 Å². The highest BCUT2D eigenvalue weighted by Gasteiger charge is 2.37. The zero-order chi connectivity index (χ0) is 11.8. The molecule has 1 amide bonds. The molecular formula is C10H9F3N2O. The molecule has 3 nitrogen and oxygen atoms in total. The summed E-state index contributed by atoms with van der Waals surface area (Å²) in [5, 5.41) is 4.84. The van der Waals surface area contributed by atoms with Gasteiger partial charge in [0.2, 0.25) is 5.91 Å². The van der Waals surface area contributed by atoms with Crippen LogP contribution in [0.1, 0.15) is 0 Å². The highest BCUT2D eigenvalue weighted by molar-refractivity contribution is 5.96. The third-order valence-corrected chi connectivity index (χ3v) is 2.35. The van der Waals surface area contributed by atoms with E-state index < -0.39 is 17.9 Å². The summed E-state index contributed by atoms with van der Waals surface area (Å²) in [5.74, 6) is -0.347. The highest BCUT2D eigenvalue weighted by Crippen LogP contribution is 2.27. The average Bonchev–Trinajstić information content (AvgIpc) is 2.39. The van der Waals surface area contributed by atoms with Crippen LogP contribution in [-0.4, -0.2) is 24.7 Å². The number of fused-ring (bicyclic) bond motifs is 1. The average molecular weight is 230 g/mol. The van der Waals surface area contributed by atoms with Crippen molar-refractivity contribution in [3.8, 4) is 0 Å². The molecular weight excluding hydrogens is 221 g/mol. The van der Waals surface area contributed by atoms with Crippen LogP contribution in [0.15, 0.2) is 35.6 Å². The smallest absolute Gasteiger partial charge is 0.371 e. The second-order valence-corrected chi connectivity index (χ2v) is 3.46. The molecule has 0 aliphatic carbocycles. The Balaban J connectivity index is 2.32. The maximum Gasteiger partial charge on any atom is 0.430 e. The number of dihydropyridines is 1. The van der Waals surface area contributed by atoms with Gasteiger partial charge in [-0.25, -0.2) is 0 Å². The standard InChI is InChI=1S/C10H9F3N2O/c11-10(12,13)8-4-3-6-7(15-8)2-1-5-14-9(6)16/h1-4,7,15H,5H2,(H,14,16). The van der Waals surface area contributed by atoms with E-state index in [1.165, 1.54) is 6.08 Å². The third kappa shape index (κ3) is 1.95. The minimum absolute atomic E-state index is 0.293. The van der Waals surface area contributed by atoms with Crippen molar-refractivity contribution >= 4 is 5.91 Å². The van der Waals surface area contributed by atoms with Crippen molar-refractivity contribution in [1.29, 1.82) is 0 Å². The zero-order valence-electron chi connectivity index (χ0n) is 8.14. The number of alkyl halides is 3. The molecule has 0 fully saturated rings. The van der Waals surface area contributed by atoms with Gasteiger partial charge in [0.05, 0.1) is 6.04 Å². The lowest BCUT2D eigenvalue weighted by molar-refractivity contribution is -0.117. The quantitative estimate of drug-likeness (QED) is 0.610. The molecule has 1 atom stereocenters. The summed E-state index contributed by atoms with van der Waals surface area (Å²) in [6.07, 6.45) is 0.830. The first-order valence-corrected chi connectivity index (χ1v) is 4.69. The van der Waals surface area contributed by atoms with E-state index in [9.17, 15) is 18.0 Å². The van der Waals surface area contributed by atoms with E-state index in [-0.39, 0.29) is 5.91 Å². The van der Waals surface area contributed by atoms with Crippen LogP contribution in [0.5, 0.6) is 0 Å². The summed E-state index contributed by atoms with van der Waals surface area (Å²) in [6, 6.07) is -0.705. The van der Waals surface area contributed by atoms with Crippen LogP contribution in [0.2, 0.25) is 0 Å². The molecule has 86 valence electrons. The number of rotatable bonds is 0. The largest absolute Gasteiger partial charge is 0.430 e. The van der Waals surface area contributed by atoms with Crippen LogP contribution in [-0.2, 0) is 4.79 Å². The van der Waals surface area contributed by atoms with E-state index in [1.807, 2.05) is 0 Å². The first-order chi connectivity index (χ1) is 7.48. The van der Waals surface area contributed by atoms with E-state index in [0.717, 1.165) is 6.08 Å². The fourth-order valence-electron chi connectivity index (χ4n) is 1.57. The number of halogens is 3. The van der Waals surface area contributed by atoms with Crippen molar-refractivity contribution in [1.82, 2.24) is 10.6 Å². The van der Waals surface area contributed by atoms with Gasteiger partial charge in [-0.3, -0.25) is 4.79 Å². The molecule has 2 rings (SSSR count). The van der Waals surface area contributed by atoms with Crippen LogP contribution < -0.4 is 10.6 Å². The van der Waals surface area contributed by atoms with Crippen molar-refractivity contribution in [2.24, 2.45) is 0 Å². The summed E-state index contributed by atoms with van der Waals surface area (Å²) in [5.41, 5.74) is -0.539. The van der Waals surface area contributed by atoms with Crippen molar-refractivity contribution in [3.05, 3.63) is 35.6 Å². The summed E-state index contributed by atoms with van der Waals surface area (Å²) < 4.78 is 37.2. The second-order valence-electron chi connectivity index (χ2n) is 3.46. The molecule has 1 unspecified atom stereocenters. The second kappa shape index (κ2) is 3.70. The molecule has 2 heterocycles. The molecule has 0 radical (unpaired) electrons. The SMILES string of the molecule is O=C1NCC=CC2NC(C(F)(F)F)=CC=C12. The molecule has 0 aromatic carbocycles. The maximum absolute atomic E-state index is 12.4. The fraction of sp³-hybridized carbons (Fsp3) is 0.300. The Morgan fingerprint density at radius 1 is 1.31 bits per heavy atom. The molecule has 2 aliphatic rings. The van der Waals surface area contributed by atoms with Gasteiger partial charge >= 0.3 is 6.18 Å². The zero-order valence-corrected chi connectivity index (χ0v) is 8.14. The number of amides is 1. The van der Waals surface area contributed by atoms with Crippen LogP contribution in [0.25, 0.3) is 0 Å². The number of carbonyl (C=O) groups excluding carboxylic acids is 1. The van der Waals surface area contributed by atoms with Crippen LogP contribution in [0, 0.1) is 0 Å². The molecule has 16 heavy (non-hydrogen) atoms. The van der Waals surface area contributed by atoms with Crippen molar-refractivity contribution in [2.45, 2.75) is 12.2 Å². The van der Waals surface area contributed by atoms with Crippen molar-refractivity contribution < 1.29 is 18.0 Å². The molecule has 0 aromatic heterocycles. The monoisotopic (exact) mass is 230 g/mol. The van der Waals surface area contributed by atoms with Gasteiger partial charge in [-0.1, -0.05) is 12.2 Å². The topological polar surface area (TPSA) is 41.1 Å². The molecule has 2 aliphatic heterocycles. The van der Waals surface area contributed by atoms with Crippen LogP contribution >= 0.6 is 0 Å². The lowest BCUT2D eigenvalue weighted by atomic mass is 10.0. The van der Waals surface area contributed by atoms with Gasteiger partial charge in [-0.15, -0.1) is 0 Å². The molecule has 0 saturated heterocycles. The predicted octanol–water partition coefficient (Wildman–Crippen LogP) is 1.02. The molecule has 6 heteroatoms. The predicted molar refractivity (Wildman–Crippen MR) is 51.3 cm³/mol. The lowest BCUT2D eigenvalue weighted by Crippen LogP contribution is -2.40. The lowest BCUT2D eigenvalue weighted by Gasteiger charge is -2.24. The molecule has 0 spiro atoms. The molecule has 2 N–H and O–H groups in total. The Hall–Kier alpha value is -1.72. The minimum Gasteiger partial charge on any atom is -0.371 e. The van der Waals surface area contributed by atoms with Gasteiger partial charge < -0.3 is 10.6 Å². The molecule has 0 bridgehead atoms. The Labute approximate surface area is 89.7 Å². The van der Waals surface area contributed by atoms with E-state index in [4.69, 9.17) is 0 Å². The fourth-order valence-corrected chi connectivity index (χ4v) is 1.57. The van der Waals surface area contributed by atoms with Gasteiger partial charge in [0, 0.05) is 12.1 Å². The molecule has 0 aromatic rings. The molecule has 0 saturated carbocycles. The summed E-state index contributed by atoms with van der Waals surface area (Å²) >= 11 is 0. The Morgan fingerprint density at radius 2 is 2.06 bits per heavy atom. The third-order valence-electron chi connectivity index (χ3n) is 2.35. The van der Waals surface area contributed by atoms with Gasteiger partial charge in [0.1, 0.15) is 5.70 Å². The number of nitrogens with one attached hydrogen (secondary N) is 2. The van der Waals surface area contributed by atoms with Crippen molar-refractivity contribution in [3.63, 3.8) is 0 Å². The Kier molecular flexibility index (Phi) is 2.49. The number of hydrogen-bond acceptors (Lipinski definition) is 2. The summed E-state index contributed by atoms with van der Waals surface area (Å²) in [6.45, 7) is 0.329. The number of hydrogen-bond donors (Lipinski definition) is 2. The Bertz CT molecular complexity index is 407. The van der Waals surface area contributed by atoms with Crippen molar-refractivity contribution in [2.75, 3.05) is 6.54 Å². The Morgan fingerprint density at radius 3 is 2.75 bits per heavy atom. The van der Waals surface area contributed by atoms with E-state index in [1.54, 1.807) is 12.2 Å². The van der Waals surface area contributed by atoms with Gasteiger partial charge in [0.25, 0.3) is 0 Å². The summed E-state index contributed by atoms with van der Waals surface area (Å²) in [4.78, 5) is 11.4. The first kappa shape index (κ1) is 10.8. The van der Waals surface area contributed by atoms with E-state index >= 15 is 0 Å². The van der Waals surface area contributed by atoms with Gasteiger partial charge in [-0.05, 0) is 12.2 Å². The number of allylic oxidation sites excluding steroid dienone is 3. The van der Waals surface area contributed by atoms with Crippen LogP contribution in [0.3, 0.4) is 0 Å².